The molecule has 2 heterocycles. The van der Waals surface area contributed by atoms with Crippen LogP contribution in [0.3, 0.4) is 0 Å². The summed E-state index contributed by atoms with van der Waals surface area (Å²) >= 11 is 0. The SMILES string of the molecule is CC1(C)c2ccccc2-c2cc3c4cc(-[n+]5cccc6ccccc65)ccc4n(-c4ccc(-c5ccc(N(c6ccccc6)c6ccccc6)cc5)cc4)c3cc21. The van der Waals surface area contributed by atoms with Crippen LogP contribution in [0.25, 0.3) is 66.3 Å². The Bertz CT molecular complexity index is 3080. The molecule has 0 spiro atoms. The van der Waals surface area contributed by atoms with Gasteiger partial charge < -0.3 is 9.47 Å². The molecule has 57 heavy (non-hydrogen) atoms. The van der Waals surface area contributed by atoms with E-state index in [1.54, 1.807) is 0 Å². The molecule has 10 aromatic rings. The molecule has 1 aliphatic carbocycles. The number of rotatable bonds is 6. The third-order valence-electron chi connectivity index (χ3n) is 12.1. The van der Waals surface area contributed by atoms with Crippen molar-refractivity contribution in [2.75, 3.05) is 4.90 Å². The van der Waals surface area contributed by atoms with E-state index in [1.165, 1.54) is 66.1 Å². The fourth-order valence-corrected chi connectivity index (χ4v) is 9.22. The highest BCUT2D eigenvalue weighted by Crippen LogP contribution is 2.51. The molecular weight excluding hydrogens is 691 g/mol. The van der Waals surface area contributed by atoms with Gasteiger partial charge in [0.05, 0.1) is 11.0 Å². The minimum atomic E-state index is -0.0992. The molecule has 0 aliphatic heterocycles. The van der Waals surface area contributed by atoms with Gasteiger partial charge in [-0.1, -0.05) is 111 Å². The van der Waals surface area contributed by atoms with E-state index in [2.05, 4.69) is 234 Å². The number of nitrogens with zero attached hydrogens (tertiary/aromatic N) is 3. The van der Waals surface area contributed by atoms with Crippen molar-refractivity contribution in [3.8, 4) is 33.6 Å². The number of pyridine rings is 1. The van der Waals surface area contributed by atoms with Gasteiger partial charge in [0.15, 0.2) is 6.20 Å². The van der Waals surface area contributed by atoms with Crippen LogP contribution in [0.1, 0.15) is 25.0 Å². The maximum absolute atomic E-state index is 2.47. The number of fused-ring (bicyclic) bond motifs is 7. The fourth-order valence-electron chi connectivity index (χ4n) is 9.22. The van der Waals surface area contributed by atoms with E-state index < -0.39 is 0 Å². The zero-order chi connectivity index (χ0) is 38.1. The third-order valence-corrected chi connectivity index (χ3v) is 12.1. The highest BCUT2D eigenvalue weighted by molar-refractivity contribution is 6.12. The molecule has 0 atom stereocenters. The predicted molar refractivity (Wildman–Crippen MR) is 238 cm³/mol. The van der Waals surface area contributed by atoms with Crippen LogP contribution in [0, 0.1) is 0 Å². The molecule has 0 amide bonds. The molecular formula is C54H40N3+. The van der Waals surface area contributed by atoms with Gasteiger partial charge in [0.1, 0.15) is 0 Å². The summed E-state index contributed by atoms with van der Waals surface area (Å²) in [5.41, 5.74) is 17.0. The van der Waals surface area contributed by atoms with Gasteiger partial charge in [0, 0.05) is 68.6 Å². The lowest BCUT2D eigenvalue weighted by atomic mass is 9.82. The standard InChI is InChI=1S/C54H40N3/c1-54(2)49-21-11-10-20-45(49)46-35-48-47-34-44(55-33-13-15-39-14-9-12-22-51(39)55)31-32-52(47)57(53(48)36-50(46)54)43-29-25-38(26-30-43)37-23-27-42(28-24-37)56(40-16-5-3-6-17-40)41-18-7-4-8-19-41/h3-36H,1-2H3/q+1. The average Bonchev–Trinajstić information content (AvgIpc) is 3.71. The average molecular weight is 731 g/mol. The molecule has 0 N–H and O–H groups in total. The summed E-state index contributed by atoms with van der Waals surface area (Å²) in [6.45, 7) is 4.73. The Labute approximate surface area is 333 Å². The summed E-state index contributed by atoms with van der Waals surface area (Å²) in [7, 11) is 0. The van der Waals surface area contributed by atoms with E-state index in [-0.39, 0.29) is 5.41 Å². The largest absolute Gasteiger partial charge is 0.311 e. The second kappa shape index (κ2) is 12.9. The Balaban J connectivity index is 1.04. The second-order valence-corrected chi connectivity index (χ2v) is 15.7. The van der Waals surface area contributed by atoms with Gasteiger partial charge >= 0.3 is 0 Å². The Hall–Kier alpha value is -7.23. The molecule has 0 fully saturated rings. The van der Waals surface area contributed by atoms with Gasteiger partial charge in [0.2, 0.25) is 11.2 Å². The highest BCUT2D eigenvalue weighted by atomic mass is 15.1. The van der Waals surface area contributed by atoms with Gasteiger partial charge in [-0.2, -0.15) is 4.57 Å². The molecule has 1 aliphatic rings. The van der Waals surface area contributed by atoms with Gasteiger partial charge in [-0.3, -0.25) is 0 Å². The summed E-state index contributed by atoms with van der Waals surface area (Å²) < 4.78 is 4.77. The van der Waals surface area contributed by atoms with Crippen LogP contribution >= 0.6 is 0 Å². The summed E-state index contributed by atoms with van der Waals surface area (Å²) in [5, 5.41) is 3.73. The van der Waals surface area contributed by atoms with Crippen LogP contribution in [0.15, 0.2) is 206 Å². The minimum absolute atomic E-state index is 0.0992. The van der Waals surface area contributed by atoms with Crippen molar-refractivity contribution in [1.82, 2.24) is 4.57 Å². The zero-order valence-corrected chi connectivity index (χ0v) is 32.0. The van der Waals surface area contributed by atoms with E-state index in [0.717, 1.165) is 28.4 Å². The lowest BCUT2D eigenvalue weighted by molar-refractivity contribution is -0.567. The van der Waals surface area contributed by atoms with Gasteiger partial charge in [0.25, 0.3) is 0 Å². The van der Waals surface area contributed by atoms with Crippen molar-refractivity contribution in [3.63, 3.8) is 0 Å². The fraction of sp³-hybridized carbons (Fsp3) is 0.0556. The van der Waals surface area contributed by atoms with Crippen LogP contribution in [0.4, 0.5) is 17.1 Å². The molecule has 0 saturated heterocycles. The number of benzene rings is 8. The van der Waals surface area contributed by atoms with E-state index in [0.29, 0.717) is 0 Å². The highest BCUT2D eigenvalue weighted by Gasteiger charge is 2.36. The Morgan fingerprint density at radius 3 is 1.79 bits per heavy atom. The lowest BCUT2D eigenvalue weighted by Gasteiger charge is -2.25. The molecule has 8 aromatic carbocycles. The minimum Gasteiger partial charge on any atom is -0.311 e. The zero-order valence-electron chi connectivity index (χ0n) is 32.0. The molecule has 2 aromatic heterocycles. The topological polar surface area (TPSA) is 12.0 Å². The molecule has 3 nitrogen and oxygen atoms in total. The number of anilines is 3. The first kappa shape index (κ1) is 33.1. The van der Waals surface area contributed by atoms with Crippen molar-refractivity contribution < 1.29 is 4.57 Å². The maximum atomic E-state index is 2.47. The summed E-state index contributed by atoms with van der Waals surface area (Å²) in [6, 6.07) is 72.9. The third kappa shape index (κ3) is 5.31. The second-order valence-electron chi connectivity index (χ2n) is 15.7. The molecule has 11 rings (SSSR count). The molecule has 270 valence electrons. The lowest BCUT2D eigenvalue weighted by Crippen LogP contribution is -2.30. The number of aromatic nitrogens is 2. The van der Waals surface area contributed by atoms with Crippen LogP contribution in [0.5, 0.6) is 0 Å². The van der Waals surface area contributed by atoms with E-state index in [1.807, 2.05) is 0 Å². The molecule has 0 radical (unpaired) electrons. The number of hydrogen-bond acceptors (Lipinski definition) is 1. The van der Waals surface area contributed by atoms with E-state index >= 15 is 0 Å². The molecule has 0 saturated carbocycles. The molecule has 3 heteroatoms. The van der Waals surface area contributed by atoms with E-state index in [9.17, 15) is 0 Å². The van der Waals surface area contributed by atoms with Gasteiger partial charge in [-0.15, -0.1) is 0 Å². The smallest absolute Gasteiger partial charge is 0.218 e. The summed E-state index contributed by atoms with van der Waals surface area (Å²) in [4.78, 5) is 2.30. The summed E-state index contributed by atoms with van der Waals surface area (Å²) in [6.07, 6.45) is 2.17. The van der Waals surface area contributed by atoms with Crippen LogP contribution < -0.4 is 9.47 Å². The van der Waals surface area contributed by atoms with E-state index in [4.69, 9.17) is 0 Å². The Morgan fingerprint density at radius 1 is 0.456 bits per heavy atom. The van der Waals surface area contributed by atoms with Crippen molar-refractivity contribution in [1.29, 1.82) is 0 Å². The monoisotopic (exact) mass is 730 g/mol. The van der Waals surface area contributed by atoms with Crippen molar-refractivity contribution in [3.05, 3.63) is 218 Å². The van der Waals surface area contributed by atoms with Gasteiger partial charge in [-0.05, 0) is 112 Å². The maximum Gasteiger partial charge on any atom is 0.218 e. The van der Waals surface area contributed by atoms with Crippen molar-refractivity contribution in [2.24, 2.45) is 0 Å². The first-order valence-corrected chi connectivity index (χ1v) is 19.8. The predicted octanol–water partition coefficient (Wildman–Crippen LogP) is 13.7. The molecule has 0 unspecified atom stereocenters. The summed E-state index contributed by atoms with van der Waals surface area (Å²) in [5.74, 6) is 0. The van der Waals surface area contributed by atoms with Crippen LogP contribution in [-0.2, 0) is 5.41 Å². The normalized spacial score (nSPS) is 12.9. The first-order valence-electron chi connectivity index (χ1n) is 19.8. The number of hydrogen-bond donors (Lipinski definition) is 0. The number of para-hydroxylation sites is 3. The van der Waals surface area contributed by atoms with Gasteiger partial charge in [-0.25, -0.2) is 0 Å². The first-order chi connectivity index (χ1) is 28.0. The van der Waals surface area contributed by atoms with Crippen molar-refractivity contribution in [2.45, 2.75) is 19.3 Å². The Kier molecular flexibility index (Phi) is 7.52. The Morgan fingerprint density at radius 2 is 1.05 bits per heavy atom. The van der Waals surface area contributed by atoms with Crippen LogP contribution in [-0.4, -0.2) is 4.57 Å². The quantitative estimate of drug-likeness (QED) is 0.155. The van der Waals surface area contributed by atoms with Crippen LogP contribution in [0.2, 0.25) is 0 Å². The molecule has 0 bridgehead atoms. The van der Waals surface area contributed by atoms with Crippen molar-refractivity contribution >= 4 is 49.8 Å².